The molecular formula is C17H20O4. The Balaban J connectivity index is 2.42. The first kappa shape index (κ1) is 15.4. The number of phenols is 1. The molecule has 2 rings (SSSR count). The van der Waals surface area contributed by atoms with Crippen molar-refractivity contribution in [3.63, 3.8) is 0 Å². The summed E-state index contributed by atoms with van der Waals surface area (Å²) in [7, 11) is 3.10. The van der Waals surface area contributed by atoms with Crippen molar-refractivity contribution in [1.82, 2.24) is 0 Å². The standard InChI is InChI=1S/C17H20O4/c1-4-11(12-7-5-6-8-14(12)18)13-9-15(19)17(21-3)10-16(13)20-2/h4-11,15-16,18-19H,1H2,2-3H3. The van der Waals surface area contributed by atoms with E-state index < -0.39 is 6.10 Å². The smallest absolute Gasteiger partial charge is 0.129 e. The number of para-hydroxylation sites is 1. The fourth-order valence-electron chi connectivity index (χ4n) is 2.57. The van der Waals surface area contributed by atoms with Crippen molar-refractivity contribution >= 4 is 0 Å². The maximum Gasteiger partial charge on any atom is 0.129 e. The first-order valence-electron chi connectivity index (χ1n) is 6.71. The van der Waals surface area contributed by atoms with Crippen LogP contribution < -0.4 is 0 Å². The number of hydrogen-bond acceptors (Lipinski definition) is 4. The number of phenolic OH excluding ortho intramolecular Hbond substituents is 1. The van der Waals surface area contributed by atoms with Crippen LogP contribution >= 0.6 is 0 Å². The van der Waals surface area contributed by atoms with Gasteiger partial charge in [0.05, 0.1) is 7.11 Å². The van der Waals surface area contributed by atoms with Crippen LogP contribution in [0.4, 0.5) is 0 Å². The lowest BCUT2D eigenvalue weighted by Gasteiger charge is -2.29. The van der Waals surface area contributed by atoms with Gasteiger partial charge in [-0.2, -0.15) is 0 Å². The van der Waals surface area contributed by atoms with E-state index in [4.69, 9.17) is 9.47 Å². The number of rotatable bonds is 5. The summed E-state index contributed by atoms with van der Waals surface area (Å²) in [4.78, 5) is 0. The van der Waals surface area contributed by atoms with Crippen LogP contribution in [-0.4, -0.2) is 36.6 Å². The van der Waals surface area contributed by atoms with Crippen LogP contribution in [0.15, 0.2) is 60.4 Å². The lowest BCUT2D eigenvalue weighted by atomic mass is 9.83. The normalized spacial score (nSPS) is 23.0. The summed E-state index contributed by atoms with van der Waals surface area (Å²) in [5.74, 6) is 0.389. The number of hydrogen-bond donors (Lipinski definition) is 2. The Morgan fingerprint density at radius 2 is 1.95 bits per heavy atom. The second-order valence-corrected chi connectivity index (χ2v) is 4.81. The summed E-state index contributed by atoms with van der Waals surface area (Å²) in [6, 6.07) is 7.07. The molecule has 0 aliphatic heterocycles. The zero-order chi connectivity index (χ0) is 15.4. The third-order valence-electron chi connectivity index (χ3n) is 3.64. The Morgan fingerprint density at radius 1 is 1.24 bits per heavy atom. The summed E-state index contributed by atoms with van der Waals surface area (Å²) < 4.78 is 10.6. The van der Waals surface area contributed by atoms with Crippen molar-refractivity contribution in [2.75, 3.05) is 14.2 Å². The summed E-state index contributed by atoms with van der Waals surface area (Å²) >= 11 is 0. The van der Waals surface area contributed by atoms with Gasteiger partial charge in [-0.15, -0.1) is 6.58 Å². The molecular weight excluding hydrogens is 268 g/mol. The van der Waals surface area contributed by atoms with Gasteiger partial charge in [-0.3, -0.25) is 0 Å². The maximum atomic E-state index is 10.1. The second-order valence-electron chi connectivity index (χ2n) is 4.81. The molecule has 2 N–H and O–H groups in total. The number of ether oxygens (including phenoxy) is 2. The van der Waals surface area contributed by atoms with E-state index in [0.717, 1.165) is 11.1 Å². The number of benzene rings is 1. The average molecular weight is 288 g/mol. The van der Waals surface area contributed by atoms with E-state index in [0.29, 0.717) is 5.76 Å². The van der Waals surface area contributed by atoms with Gasteiger partial charge < -0.3 is 19.7 Å². The van der Waals surface area contributed by atoms with Gasteiger partial charge in [-0.05, 0) is 23.8 Å². The van der Waals surface area contributed by atoms with Crippen molar-refractivity contribution in [3.8, 4) is 5.75 Å². The monoisotopic (exact) mass is 288 g/mol. The first-order valence-corrected chi connectivity index (χ1v) is 6.71. The molecule has 21 heavy (non-hydrogen) atoms. The zero-order valence-electron chi connectivity index (χ0n) is 12.2. The third-order valence-corrected chi connectivity index (χ3v) is 3.64. The van der Waals surface area contributed by atoms with Crippen LogP contribution in [0.2, 0.25) is 0 Å². The molecule has 1 aliphatic rings. The minimum atomic E-state index is -0.829. The molecule has 0 radical (unpaired) electrons. The average Bonchev–Trinajstić information content (AvgIpc) is 2.50. The van der Waals surface area contributed by atoms with E-state index in [2.05, 4.69) is 6.58 Å². The van der Waals surface area contributed by atoms with Crippen molar-refractivity contribution in [1.29, 1.82) is 0 Å². The van der Waals surface area contributed by atoms with Gasteiger partial charge in [-0.25, -0.2) is 0 Å². The summed E-state index contributed by atoms with van der Waals surface area (Å²) in [6.45, 7) is 3.85. The first-order chi connectivity index (χ1) is 10.1. The minimum Gasteiger partial charge on any atom is -0.508 e. The van der Waals surface area contributed by atoms with Gasteiger partial charge in [0.2, 0.25) is 0 Å². The highest BCUT2D eigenvalue weighted by atomic mass is 16.5. The van der Waals surface area contributed by atoms with Crippen LogP contribution in [0.25, 0.3) is 0 Å². The molecule has 3 atom stereocenters. The molecule has 0 amide bonds. The van der Waals surface area contributed by atoms with Gasteiger partial charge in [0.1, 0.15) is 23.7 Å². The molecule has 1 aromatic rings. The SMILES string of the molecule is C=CC(C1=CC(O)C(OC)=CC1OC)c1ccccc1O. The van der Waals surface area contributed by atoms with Crippen LogP contribution in [-0.2, 0) is 9.47 Å². The Hall–Kier alpha value is -2.04. The largest absolute Gasteiger partial charge is 0.508 e. The summed E-state index contributed by atoms with van der Waals surface area (Å²) in [6.07, 6.45) is 3.98. The highest BCUT2D eigenvalue weighted by Crippen LogP contribution is 2.37. The van der Waals surface area contributed by atoms with Crippen molar-refractivity contribution < 1.29 is 19.7 Å². The number of methoxy groups -OCH3 is 2. The lowest BCUT2D eigenvalue weighted by molar-refractivity contribution is 0.122. The highest BCUT2D eigenvalue weighted by Gasteiger charge is 2.29. The quantitative estimate of drug-likeness (QED) is 0.817. The van der Waals surface area contributed by atoms with Gasteiger partial charge >= 0.3 is 0 Å². The van der Waals surface area contributed by atoms with E-state index in [1.807, 2.05) is 12.1 Å². The molecule has 0 spiro atoms. The van der Waals surface area contributed by atoms with Crippen LogP contribution in [0.1, 0.15) is 11.5 Å². The molecule has 0 saturated carbocycles. The predicted octanol–water partition coefficient (Wildman–Crippen LogP) is 2.51. The predicted molar refractivity (Wildman–Crippen MR) is 81.0 cm³/mol. The molecule has 1 aromatic carbocycles. The Morgan fingerprint density at radius 3 is 2.52 bits per heavy atom. The van der Waals surface area contributed by atoms with E-state index in [1.165, 1.54) is 7.11 Å². The molecule has 4 nitrogen and oxygen atoms in total. The zero-order valence-corrected chi connectivity index (χ0v) is 12.2. The Bertz CT molecular complexity index is 574. The van der Waals surface area contributed by atoms with Crippen LogP contribution in [0, 0.1) is 0 Å². The summed E-state index contributed by atoms with van der Waals surface area (Å²) in [5.41, 5.74) is 1.55. The summed E-state index contributed by atoms with van der Waals surface area (Å²) in [5, 5.41) is 20.1. The Labute approximate surface area is 124 Å². The van der Waals surface area contributed by atoms with E-state index >= 15 is 0 Å². The molecule has 0 fully saturated rings. The third kappa shape index (κ3) is 3.01. The molecule has 0 bridgehead atoms. The molecule has 0 heterocycles. The fraction of sp³-hybridized carbons (Fsp3) is 0.294. The van der Waals surface area contributed by atoms with Crippen molar-refractivity contribution in [3.05, 3.63) is 66.0 Å². The van der Waals surface area contributed by atoms with E-state index in [-0.39, 0.29) is 17.8 Å². The van der Waals surface area contributed by atoms with Gasteiger partial charge in [0.15, 0.2) is 0 Å². The molecule has 3 unspecified atom stereocenters. The highest BCUT2D eigenvalue weighted by molar-refractivity contribution is 5.46. The molecule has 112 valence electrons. The second kappa shape index (κ2) is 6.61. The van der Waals surface area contributed by atoms with Crippen molar-refractivity contribution in [2.45, 2.75) is 18.1 Å². The molecule has 4 heteroatoms. The molecule has 0 saturated heterocycles. The number of allylic oxidation sites excluding steroid dienone is 1. The number of aliphatic hydroxyl groups excluding tert-OH is 1. The number of aromatic hydroxyl groups is 1. The minimum absolute atomic E-state index is 0.189. The van der Waals surface area contributed by atoms with Gasteiger partial charge in [0.25, 0.3) is 0 Å². The maximum absolute atomic E-state index is 10.1. The molecule has 1 aliphatic carbocycles. The number of aliphatic hydroxyl groups is 1. The topological polar surface area (TPSA) is 58.9 Å². The van der Waals surface area contributed by atoms with Gasteiger partial charge in [-0.1, -0.05) is 24.3 Å². The Kier molecular flexibility index (Phi) is 4.83. The van der Waals surface area contributed by atoms with Crippen LogP contribution in [0.5, 0.6) is 5.75 Å². The molecule has 0 aromatic heterocycles. The lowest BCUT2D eigenvalue weighted by Crippen LogP contribution is -2.26. The van der Waals surface area contributed by atoms with Crippen molar-refractivity contribution in [2.24, 2.45) is 0 Å². The van der Waals surface area contributed by atoms with Gasteiger partial charge in [0, 0.05) is 18.6 Å². The van der Waals surface area contributed by atoms with E-state index in [1.54, 1.807) is 37.5 Å². The van der Waals surface area contributed by atoms with Crippen LogP contribution in [0.3, 0.4) is 0 Å². The van der Waals surface area contributed by atoms with E-state index in [9.17, 15) is 10.2 Å². The fourth-order valence-corrected chi connectivity index (χ4v) is 2.57.